The first-order chi connectivity index (χ1) is 7.24. The van der Waals surface area contributed by atoms with Crippen LogP contribution in [0.15, 0.2) is 10.8 Å². The van der Waals surface area contributed by atoms with Crippen molar-refractivity contribution >= 4 is 11.3 Å². The lowest BCUT2D eigenvalue weighted by molar-refractivity contribution is 0.487. The number of unbranched alkanes of at least 4 members (excludes halogenated alkanes) is 2. The number of hydrogen-bond acceptors (Lipinski definition) is 2. The van der Waals surface area contributed by atoms with E-state index in [9.17, 15) is 0 Å². The Morgan fingerprint density at radius 3 is 2.73 bits per heavy atom. The molecule has 0 radical (unpaired) electrons. The van der Waals surface area contributed by atoms with E-state index in [-0.39, 0.29) is 0 Å². The molecule has 0 saturated carbocycles. The molecule has 0 aliphatic carbocycles. The van der Waals surface area contributed by atoms with Crippen molar-refractivity contribution in [1.82, 2.24) is 5.32 Å². The predicted octanol–water partition coefficient (Wildman–Crippen LogP) is 4.11. The second kappa shape index (κ2) is 7.02. The van der Waals surface area contributed by atoms with Gasteiger partial charge in [-0.1, -0.05) is 26.2 Å². The molecule has 2 heteroatoms. The number of hydrogen-bond donors (Lipinski definition) is 1. The third-order valence-corrected chi connectivity index (χ3v) is 3.75. The molecule has 1 nitrogen and oxygen atoms in total. The Kier molecular flexibility index (Phi) is 5.96. The molecule has 1 N–H and O–H groups in total. The Morgan fingerprint density at radius 2 is 2.13 bits per heavy atom. The van der Waals surface area contributed by atoms with E-state index in [1.54, 1.807) is 11.3 Å². The van der Waals surface area contributed by atoms with Crippen LogP contribution in [0.25, 0.3) is 0 Å². The number of thiophene rings is 1. The molecule has 0 aliphatic heterocycles. The first-order valence-electron chi connectivity index (χ1n) is 5.99. The van der Waals surface area contributed by atoms with Crippen molar-refractivity contribution in [3.8, 4) is 0 Å². The summed E-state index contributed by atoms with van der Waals surface area (Å²) >= 11 is 1.80. The Bertz CT molecular complexity index is 267. The molecule has 0 bridgehead atoms. The Labute approximate surface area is 97.9 Å². The average Bonchev–Trinajstić information content (AvgIpc) is 2.61. The predicted molar refractivity (Wildman–Crippen MR) is 69.5 cm³/mol. The van der Waals surface area contributed by atoms with Crippen LogP contribution in [0, 0.1) is 6.92 Å². The second-order valence-electron chi connectivity index (χ2n) is 4.36. The average molecular weight is 225 g/mol. The van der Waals surface area contributed by atoms with Crippen molar-refractivity contribution < 1.29 is 0 Å². The lowest BCUT2D eigenvalue weighted by atomic mass is 10.1. The number of rotatable bonds is 7. The van der Waals surface area contributed by atoms with E-state index in [1.165, 1.54) is 36.8 Å². The fourth-order valence-electron chi connectivity index (χ4n) is 1.65. The van der Waals surface area contributed by atoms with E-state index in [2.05, 4.69) is 36.8 Å². The maximum Gasteiger partial charge on any atom is 0.0218 e. The molecule has 0 amide bonds. The molecule has 1 rings (SSSR count). The topological polar surface area (TPSA) is 12.0 Å². The monoisotopic (exact) mass is 225 g/mol. The van der Waals surface area contributed by atoms with Crippen molar-refractivity contribution in [3.63, 3.8) is 0 Å². The summed E-state index contributed by atoms with van der Waals surface area (Å²) in [5.74, 6) is 0. The molecule has 1 atom stereocenters. The van der Waals surface area contributed by atoms with Gasteiger partial charge in [0, 0.05) is 12.6 Å². The van der Waals surface area contributed by atoms with E-state index in [0.29, 0.717) is 6.04 Å². The van der Waals surface area contributed by atoms with Crippen LogP contribution in [-0.4, -0.2) is 6.04 Å². The van der Waals surface area contributed by atoms with Gasteiger partial charge in [-0.3, -0.25) is 0 Å². The molecule has 0 aliphatic rings. The normalized spacial score (nSPS) is 13.0. The summed E-state index contributed by atoms with van der Waals surface area (Å²) in [5, 5.41) is 8.06. The molecular formula is C13H23NS. The van der Waals surface area contributed by atoms with Gasteiger partial charge in [0.15, 0.2) is 0 Å². The van der Waals surface area contributed by atoms with Gasteiger partial charge in [-0.2, -0.15) is 11.3 Å². The van der Waals surface area contributed by atoms with Crippen LogP contribution in [0.2, 0.25) is 0 Å². The summed E-state index contributed by atoms with van der Waals surface area (Å²) in [5.41, 5.74) is 2.88. The van der Waals surface area contributed by atoms with Crippen LogP contribution >= 0.6 is 11.3 Å². The van der Waals surface area contributed by atoms with Gasteiger partial charge in [0.2, 0.25) is 0 Å². The van der Waals surface area contributed by atoms with Gasteiger partial charge < -0.3 is 5.32 Å². The summed E-state index contributed by atoms with van der Waals surface area (Å²) in [4.78, 5) is 0. The Morgan fingerprint density at radius 1 is 1.33 bits per heavy atom. The fraction of sp³-hybridized carbons (Fsp3) is 0.692. The molecule has 1 aromatic rings. The minimum atomic E-state index is 0.649. The molecule has 1 aromatic heterocycles. The van der Waals surface area contributed by atoms with Gasteiger partial charge in [-0.05, 0) is 42.2 Å². The van der Waals surface area contributed by atoms with Crippen molar-refractivity contribution in [3.05, 3.63) is 21.9 Å². The van der Waals surface area contributed by atoms with Gasteiger partial charge in [0.1, 0.15) is 0 Å². The van der Waals surface area contributed by atoms with Gasteiger partial charge >= 0.3 is 0 Å². The zero-order valence-electron chi connectivity index (χ0n) is 10.2. The summed E-state index contributed by atoms with van der Waals surface area (Å²) < 4.78 is 0. The molecule has 0 fully saturated rings. The van der Waals surface area contributed by atoms with Gasteiger partial charge in [0.05, 0.1) is 0 Å². The largest absolute Gasteiger partial charge is 0.310 e. The van der Waals surface area contributed by atoms with Crippen molar-refractivity contribution in [2.24, 2.45) is 0 Å². The SMILES string of the molecule is CCCCCC(C)NCc1cscc1C. The molecule has 86 valence electrons. The summed E-state index contributed by atoms with van der Waals surface area (Å²) in [6, 6.07) is 0.649. The van der Waals surface area contributed by atoms with Crippen LogP contribution in [0.5, 0.6) is 0 Å². The van der Waals surface area contributed by atoms with E-state index < -0.39 is 0 Å². The van der Waals surface area contributed by atoms with E-state index in [4.69, 9.17) is 0 Å². The molecule has 0 spiro atoms. The minimum Gasteiger partial charge on any atom is -0.310 e. The highest BCUT2D eigenvalue weighted by atomic mass is 32.1. The maximum absolute atomic E-state index is 3.59. The second-order valence-corrected chi connectivity index (χ2v) is 5.10. The van der Waals surface area contributed by atoms with E-state index in [0.717, 1.165) is 6.54 Å². The number of nitrogens with one attached hydrogen (secondary N) is 1. The third kappa shape index (κ3) is 4.80. The smallest absolute Gasteiger partial charge is 0.0218 e. The van der Waals surface area contributed by atoms with Gasteiger partial charge in [-0.25, -0.2) is 0 Å². The highest BCUT2D eigenvalue weighted by Gasteiger charge is 2.03. The lowest BCUT2D eigenvalue weighted by Crippen LogP contribution is -2.25. The zero-order chi connectivity index (χ0) is 11.1. The highest BCUT2D eigenvalue weighted by molar-refractivity contribution is 7.08. The van der Waals surface area contributed by atoms with Crippen molar-refractivity contribution in [2.75, 3.05) is 0 Å². The maximum atomic E-state index is 3.59. The van der Waals surface area contributed by atoms with Crippen LogP contribution in [-0.2, 0) is 6.54 Å². The quantitative estimate of drug-likeness (QED) is 0.688. The first-order valence-corrected chi connectivity index (χ1v) is 6.93. The molecule has 0 aromatic carbocycles. The van der Waals surface area contributed by atoms with E-state index in [1.807, 2.05) is 0 Å². The molecule has 1 unspecified atom stereocenters. The van der Waals surface area contributed by atoms with Crippen LogP contribution in [0.1, 0.15) is 50.7 Å². The minimum absolute atomic E-state index is 0.649. The van der Waals surface area contributed by atoms with Crippen LogP contribution in [0.3, 0.4) is 0 Å². The van der Waals surface area contributed by atoms with Crippen LogP contribution < -0.4 is 5.32 Å². The fourth-order valence-corrected chi connectivity index (χ4v) is 2.51. The van der Waals surface area contributed by atoms with Crippen molar-refractivity contribution in [2.45, 2.75) is 59.0 Å². The molecule has 1 heterocycles. The standard InChI is InChI=1S/C13H23NS/c1-4-5-6-7-12(3)14-8-13-10-15-9-11(13)2/h9-10,12,14H,4-8H2,1-3H3. The Balaban J connectivity index is 2.16. The van der Waals surface area contributed by atoms with Crippen LogP contribution in [0.4, 0.5) is 0 Å². The molecule has 15 heavy (non-hydrogen) atoms. The number of aryl methyl sites for hydroxylation is 1. The zero-order valence-corrected chi connectivity index (χ0v) is 11.0. The summed E-state index contributed by atoms with van der Waals surface area (Å²) in [6.45, 7) is 7.77. The molecule has 0 saturated heterocycles. The third-order valence-electron chi connectivity index (χ3n) is 2.84. The summed E-state index contributed by atoms with van der Waals surface area (Å²) in [7, 11) is 0. The summed E-state index contributed by atoms with van der Waals surface area (Å²) in [6.07, 6.45) is 5.34. The van der Waals surface area contributed by atoms with Gasteiger partial charge in [-0.15, -0.1) is 0 Å². The molecular weight excluding hydrogens is 202 g/mol. The Hall–Kier alpha value is -0.340. The lowest BCUT2D eigenvalue weighted by Gasteiger charge is -2.13. The van der Waals surface area contributed by atoms with Crippen molar-refractivity contribution in [1.29, 1.82) is 0 Å². The van der Waals surface area contributed by atoms with E-state index >= 15 is 0 Å². The first kappa shape index (κ1) is 12.7. The van der Waals surface area contributed by atoms with Gasteiger partial charge in [0.25, 0.3) is 0 Å². The highest BCUT2D eigenvalue weighted by Crippen LogP contribution is 2.13.